The highest BCUT2D eigenvalue weighted by atomic mass is 15.5. The third-order valence-electron chi connectivity index (χ3n) is 10.1. The molecule has 0 radical (unpaired) electrons. The normalized spacial score (nSPS) is 19.8. The molecule has 0 bridgehead atoms. The Morgan fingerprint density at radius 2 is 1.48 bits per heavy atom. The number of hydrogen-bond acceptors (Lipinski definition) is 6. The third kappa shape index (κ3) is 4.15. The minimum Gasteiger partial charge on any atom is -0.356 e. The zero-order chi connectivity index (χ0) is 30.4. The first-order chi connectivity index (χ1) is 21.5. The molecule has 0 saturated carbocycles. The first-order valence-electron chi connectivity index (χ1n) is 16.1. The monoisotopic (exact) mass is 582 g/mol. The molecule has 224 valence electrons. The lowest BCUT2D eigenvalue weighted by Crippen LogP contribution is -2.58. The number of unbranched alkanes of at least 4 members (excludes halogenated alkanes) is 1. The summed E-state index contributed by atoms with van der Waals surface area (Å²) < 4.78 is 0. The summed E-state index contributed by atoms with van der Waals surface area (Å²) in [4.78, 5) is 19.6. The van der Waals surface area contributed by atoms with Crippen LogP contribution < -0.4 is 14.7 Å². The molecular weight excluding hydrogens is 540 g/mol. The zero-order valence-corrected chi connectivity index (χ0v) is 26.3. The standard InChI is InChI=1S/C38H42N6/c1-6-9-15-28-20-21-31-33(26-28)42-25-24-41(5)36(42)37-43(29-16-11-10-12-17-29)34-35(40-23-22-39-34)44(37)32-19-14-13-18-30(32)27(4)38(31,7-2)8-3/h10-14,16-26,36-37H,4,6-9,15H2,1-3,5H3. The summed E-state index contributed by atoms with van der Waals surface area (Å²) in [7, 11) is 2.19. The molecule has 0 aliphatic carbocycles. The largest absolute Gasteiger partial charge is 0.356 e. The number of allylic oxidation sites excluding steroid dienone is 1. The number of hydrogen-bond donors (Lipinski definition) is 0. The number of fused-ring (bicyclic) bond motifs is 9. The van der Waals surface area contributed by atoms with Gasteiger partial charge in [0.05, 0.1) is 5.69 Å². The minimum absolute atomic E-state index is 0.0720. The lowest BCUT2D eigenvalue weighted by Gasteiger charge is -2.47. The Bertz CT molecular complexity index is 1710. The highest BCUT2D eigenvalue weighted by molar-refractivity contribution is 5.91. The Morgan fingerprint density at radius 1 is 0.773 bits per heavy atom. The van der Waals surface area contributed by atoms with E-state index in [1.165, 1.54) is 29.7 Å². The summed E-state index contributed by atoms with van der Waals surface area (Å²) in [5.74, 6) is 1.72. The second kappa shape index (κ2) is 11.2. The van der Waals surface area contributed by atoms with Crippen LogP contribution in [-0.2, 0) is 11.8 Å². The number of rotatable bonds is 6. The highest BCUT2D eigenvalue weighted by Gasteiger charge is 2.51. The Kier molecular flexibility index (Phi) is 7.16. The van der Waals surface area contributed by atoms with Crippen molar-refractivity contribution in [1.29, 1.82) is 0 Å². The van der Waals surface area contributed by atoms with Crippen molar-refractivity contribution in [2.75, 3.05) is 21.7 Å². The van der Waals surface area contributed by atoms with Crippen molar-refractivity contribution in [2.24, 2.45) is 0 Å². The van der Waals surface area contributed by atoms with E-state index >= 15 is 0 Å². The number of nitrogens with zero attached hydrogens (tertiary/aromatic N) is 6. The van der Waals surface area contributed by atoms with E-state index in [-0.39, 0.29) is 17.7 Å². The van der Waals surface area contributed by atoms with E-state index < -0.39 is 0 Å². The maximum atomic E-state index is 5.01. The van der Waals surface area contributed by atoms with Crippen molar-refractivity contribution in [2.45, 2.75) is 70.6 Å². The van der Waals surface area contributed by atoms with E-state index in [0.717, 1.165) is 53.4 Å². The van der Waals surface area contributed by atoms with Gasteiger partial charge in [-0.3, -0.25) is 9.80 Å². The summed E-state index contributed by atoms with van der Waals surface area (Å²) in [6.45, 7) is 11.8. The molecule has 6 nitrogen and oxygen atoms in total. The van der Waals surface area contributed by atoms with Gasteiger partial charge in [-0.15, -0.1) is 0 Å². The van der Waals surface area contributed by atoms with E-state index in [4.69, 9.17) is 16.5 Å². The van der Waals surface area contributed by atoms with E-state index in [9.17, 15) is 0 Å². The fraction of sp³-hybridized carbons (Fsp3) is 0.316. The average molecular weight is 583 g/mol. The maximum absolute atomic E-state index is 5.01. The van der Waals surface area contributed by atoms with E-state index in [0.29, 0.717) is 0 Å². The van der Waals surface area contributed by atoms with Gasteiger partial charge in [-0.05, 0) is 66.6 Å². The second-order valence-electron chi connectivity index (χ2n) is 12.2. The molecule has 0 amide bonds. The molecule has 7 rings (SSSR count). The molecule has 3 aromatic carbocycles. The molecule has 2 unspecified atom stereocenters. The topological polar surface area (TPSA) is 38.7 Å². The molecule has 44 heavy (non-hydrogen) atoms. The molecule has 3 aliphatic heterocycles. The lowest BCUT2D eigenvalue weighted by molar-refractivity contribution is 0.311. The van der Waals surface area contributed by atoms with Crippen molar-refractivity contribution < 1.29 is 0 Å². The number of likely N-dealkylation sites (N-methyl/N-ethyl adjacent to an activating group) is 1. The number of aromatic nitrogens is 2. The summed E-state index contributed by atoms with van der Waals surface area (Å²) in [6, 6.07) is 26.6. The van der Waals surface area contributed by atoms with Crippen LogP contribution in [-0.4, -0.2) is 34.2 Å². The van der Waals surface area contributed by atoms with Gasteiger partial charge in [0.2, 0.25) is 0 Å². The smallest absolute Gasteiger partial charge is 0.178 e. The highest BCUT2D eigenvalue weighted by Crippen LogP contribution is 2.55. The Hall–Kier alpha value is -4.58. The molecule has 0 saturated heterocycles. The Morgan fingerprint density at radius 3 is 2.20 bits per heavy atom. The van der Waals surface area contributed by atoms with Crippen LogP contribution in [0.25, 0.3) is 5.57 Å². The van der Waals surface area contributed by atoms with Gasteiger partial charge in [-0.25, -0.2) is 9.97 Å². The van der Waals surface area contributed by atoms with Crippen LogP contribution in [0.15, 0.2) is 104 Å². The summed E-state index contributed by atoms with van der Waals surface area (Å²) in [5.41, 5.74) is 8.25. The number of aryl methyl sites for hydroxylation is 1. The van der Waals surface area contributed by atoms with Crippen molar-refractivity contribution in [3.05, 3.63) is 121 Å². The fourth-order valence-corrected chi connectivity index (χ4v) is 7.69. The van der Waals surface area contributed by atoms with Gasteiger partial charge in [0.15, 0.2) is 17.8 Å². The van der Waals surface area contributed by atoms with Crippen LogP contribution in [0.4, 0.5) is 28.7 Å². The van der Waals surface area contributed by atoms with Gasteiger partial charge in [-0.2, -0.15) is 0 Å². The predicted molar refractivity (Wildman–Crippen MR) is 182 cm³/mol. The van der Waals surface area contributed by atoms with Gasteiger partial charge in [0.1, 0.15) is 6.17 Å². The minimum atomic E-state index is -0.245. The van der Waals surface area contributed by atoms with Gasteiger partial charge >= 0.3 is 0 Å². The van der Waals surface area contributed by atoms with Gasteiger partial charge in [-0.1, -0.05) is 82.3 Å². The van der Waals surface area contributed by atoms with Crippen LogP contribution >= 0.6 is 0 Å². The van der Waals surface area contributed by atoms with Crippen LogP contribution in [0.2, 0.25) is 0 Å². The van der Waals surface area contributed by atoms with Crippen molar-refractivity contribution in [3.63, 3.8) is 0 Å². The van der Waals surface area contributed by atoms with E-state index in [1.807, 2.05) is 6.20 Å². The molecule has 0 N–H and O–H groups in total. The van der Waals surface area contributed by atoms with Crippen molar-refractivity contribution in [1.82, 2.24) is 14.9 Å². The van der Waals surface area contributed by atoms with Gasteiger partial charge in [0, 0.05) is 54.2 Å². The molecule has 4 heterocycles. The number of para-hydroxylation sites is 2. The first kappa shape index (κ1) is 28.2. The summed E-state index contributed by atoms with van der Waals surface area (Å²) in [6.07, 6.45) is 13.2. The molecular formula is C38H42N6. The quantitative estimate of drug-likeness (QED) is 0.226. The molecule has 0 spiro atoms. The molecule has 0 fully saturated rings. The van der Waals surface area contributed by atoms with Crippen LogP contribution in [0.5, 0.6) is 0 Å². The molecule has 2 atom stereocenters. The molecule has 1 aromatic heterocycles. The average Bonchev–Trinajstić information content (AvgIpc) is 3.62. The van der Waals surface area contributed by atoms with E-state index in [1.54, 1.807) is 6.20 Å². The van der Waals surface area contributed by atoms with Crippen LogP contribution in [0.3, 0.4) is 0 Å². The van der Waals surface area contributed by atoms with Crippen LogP contribution in [0, 0.1) is 0 Å². The van der Waals surface area contributed by atoms with Crippen molar-refractivity contribution in [3.8, 4) is 0 Å². The SMILES string of the molecule is C=C1c2ccccc2N2c3nccnc3N(c3ccccc3)C2C2N(C)C=CN2c2cc(CCCC)ccc2C1(CC)CC. The van der Waals surface area contributed by atoms with Gasteiger partial charge in [0.25, 0.3) is 0 Å². The maximum Gasteiger partial charge on any atom is 0.178 e. The molecule has 6 heteroatoms. The number of benzene rings is 3. The lowest BCUT2D eigenvalue weighted by atomic mass is 9.67. The van der Waals surface area contributed by atoms with Gasteiger partial charge < -0.3 is 9.80 Å². The Labute approximate surface area is 262 Å². The zero-order valence-electron chi connectivity index (χ0n) is 26.3. The first-order valence-corrected chi connectivity index (χ1v) is 16.1. The molecule has 3 aliphatic rings. The fourth-order valence-electron chi connectivity index (χ4n) is 7.69. The summed E-state index contributed by atoms with van der Waals surface area (Å²) >= 11 is 0. The van der Waals surface area contributed by atoms with E-state index in [2.05, 4.69) is 133 Å². The van der Waals surface area contributed by atoms with Crippen LogP contribution in [0.1, 0.15) is 63.1 Å². The third-order valence-corrected chi connectivity index (χ3v) is 10.1. The number of anilines is 5. The predicted octanol–water partition coefficient (Wildman–Crippen LogP) is 8.77. The molecule has 4 aromatic rings. The van der Waals surface area contributed by atoms with Crippen molar-refractivity contribution >= 4 is 34.3 Å². The Balaban J connectivity index is 1.57. The second-order valence-corrected chi connectivity index (χ2v) is 12.2. The summed E-state index contributed by atoms with van der Waals surface area (Å²) in [5, 5.41) is 0.